The van der Waals surface area contributed by atoms with Crippen LogP contribution in [0.15, 0.2) is 22.7 Å². The third kappa shape index (κ3) is 4.68. The molecule has 0 unspecified atom stereocenters. The number of rotatable bonds is 4. The second-order valence-corrected chi connectivity index (χ2v) is 10.1. The molecule has 0 aromatic heterocycles. The number of amides is 1. The Balaban J connectivity index is 1.90. The fourth-order valence-corrected chi connectivity index (χ4v) is 5.23. The van der Waals surface area contributed by atoms with Crippen molar-refractivity contribution in [3.05, 3.63) is 28.2 Å². The summed E-state index contributed by atoms with van der Waals surface area (Å²) < 4.78 is 7.43. The zero-order valence-corrected chi connectivity index (χ0v) is 18.4. The zero-order valence-electron chi connectivity index (χ0n) is 16.8. The van der Waals surface area contributed by atoms with Crippen LogP contribution < -0.4 is 5.32 Å². The maximum atomic E-state index is 12.6. The van der Waals surface area contributed by atoms with Crippen LogP contribution in [0.1, 0.15) is 71.5 Å². The predicted molar refractivity (Wildman–Crippen MR) is 111 cm³/mol. The lowest BCUT2D eigenvalue weighted by atomic mass is 9.66. The van der Waals surface area contributed by atoms with Crippen molar-refractivity contribution in [1.82, 2.24) is 5.32 Å². The Morgan fingerprint density at radius 3 is 2.85 bits per heavy atom. The molecule has 1 saturated carbocycles. The first-order chi connectivity index (χ1) is 12.7. The Kier molecular flexibility index (Phi) is 6.21. The summed E-state index contributed by atoms with van der Waals surface area (Å²) in [4.78, 5) is 12.6. The molecule has 1 amide bonds. The Morgan fingerprint density at radius 2 is 2.15 bits per heavy atom. The number of hydrogen-bond donors (Lipinski definition) is 2. The molecule has 4 nitrogen and oxygen atoms in total. The number of aromatic hydroxyl groups is 1. The van der Waals surface area contributed by atoms with Crippen molar-refractivity contribution in [3.63, 3.8) is 0 Å². The van der Waals surface area contributed by atoms with Gasteiger partial charge in [-0.15, -0.1) is 0 Å². The van der Waals surface area contributed by atoms with Crippen LogP contribution in [0.25, 0.3) is 0 Å². The quantitative estimate of drug-likeness (QED) is 0.667. The first-order valence-electron chi connectivity index (χ1n) is 10.1. The van der Waals surface area contributed by atoms with E-state index in [1.54, 1.807) is 6.07 Å². The lowest BCUT2D eigenvalue weighted by molar-refractivity contribution is -0.154. The van der Waals surface area contributed by atoms with Gasteiger partial charge in [0.25, 0.3) is 0 Å². The highest BCUT2D eigenvalue weighted by molar-refractivity contribution is 9.10. The number of hydrogen-bond acceptors (Lipinski definition) is 3. The third-order valence-electron chi connectivity index (χ3n) is 6.18. The van der Waals surface area contributed by atoms with E-state index < -0.39 is 0 Å². The number of carbonyl (C=O) groups excluding carboxylic acids is 1. The lowest BCUT2D eigenvalue weighted by Crippen LogP contribution is -2.60. The summed E-state index contributed by atoms with van der Waals surface area (Å²) in [5.41, 5.74) is 0.472. The minimum absolute atomic E-state index is 0.107. The average Bonchev–Trinajstić information content (AvgIpc) is 2.55. The molecule has 2 fully saturated rings. The molecule has 27 heavy (non-hydrogen) atoms. The second-order valence-electron chi connectivity index (χ2n) is 9.16. The second kappa shape index (κ2) is 8.12. The molecule has 2 aliphatic rings. The minimum atomic E-state index is -0.325. The van der Waals surface area contributed by atoms with E-state index in [1.807, 2.05) is 12.1 Å². The van der Waals surface area contributed by atoms with E-state index in [9.17, 15) is 9.90 Å². The number of fused-ring (bicyclic) bond motifs is 1. The van der Waals surface area contributed by atoms with Crippen molar-refractivity contribution in [2.45, 2.75) is 77.5 Å². The van der Waals surface area contributed by atoms with Gasteiger partial charge in [0.15, 0.2) is 0 Å². The smallest absolute Gasteiger partial charge is 0.220 e. The minimum Gasteiger partial charge on any atom is -0.508 e. The van der Waals surface area contributed by atoms with Crippen molar-refractivity contribution in [3.8, 4) is 5.75 Å². The van der Waals surface area contributed by atoms with E-state index >= 15 is 0 Å². The van der Waals surface area contributed by atoms with Crippen molar-refractivity contribution in [2.75, 3.05) is 0 Å². The van der Waals surface area contributed by atoms with Gasteiger partial charge in [0.1, 0.15) is 5.75 Å². The average molecular weight is 438 g/mol. The molecule has 0 radical (unpaired) electrons. The fourth-order valence-electron chi connectivity index (χ4n) is 4.85. The van der Waals surface area contributed by atoms with Crippen molar-refractivity contribution < 1.29 is 14.6 Å². The lowest BCUT2D eigenvalue weighted by Gasteiger charge is -2.52. The van der Waals surface area contributed by atoms with E-state index in [2.05, 4.69) is 48.9 Å². The van der Waals surface area contributed by atoms with Gasteiger partial charge in [-0.05, 0) is 49.8 Å². The number of ether oxygens (including phenoxy) is 1. The Morgan fingerprint density at radius 1 is 1.41 bits per heavy atom. The highest BCUT2D eigenvalue weighted by Crippen LogP contribution is 2.49. The standard InChI is InChI=1S/C22H32BrNO3/c1-13(2)9-21(26)24-22(4)12-20(16-11-15(23)6-8-18(16)25)27-19-10-14(3)5-7-17(19)22/h6,8,11,13-14,17,19-20,25H,5,7,9-10,12H2,1-4H3,(H,24,26)/t14-,17-,19-,20-,22-/m0/s1. The number of carbonyl (C=O) groups is 1. The molecule has 5 atom stereocenters. The van der Waals surface area contributed by atoms with Gasteiger partial charge in [-0.1, -0.05) is 43.1 Å². The molecule has 5 heteroatoms. The van der Waals surface area contributed by atoms with Crippen LogP contribution in [0.3, 0.4) is 0 Å². The van der Waals surface area contributed by atoms with Crippen molar-refractivity contribution in [1.29, 1.82) is 0 Å². The van der Waals surface area contributed by atoms with Crippen LogP contribution in [0.2, 0.25) is 0 Å². The predicted octanol–water partition coefficient (Wildman–Crippen LogP) is 5.34. The van der Waals surface area contributed by atoms with Gasteiger partial charge in [-0.25, -0.2) is 0 Å². The van der Waals surface area contributed by atoms with Gasteiger partial charge in [0.05, 0.1) is 12.2 Å². The van der Waals surface area contributed by atoms with Crippen LogP contribution in [0.4, 0.5) is 0 Å². The summed E-state index contributed by atoms with van der Waals surface area (Å²) >= 11 is 3.50. The van der Waals surface area contributed by atoms with E-state index in [0.29, 0.717) is 30.6 Å². The van der Waals surface area contributed by atoms with Crippen LogP contribution in [0, 0.1) is 17.8 Å². The fraction of sp³-hybridized carbons (Fsp3) is 0.682. The molecule has 1 aromatic rings. The number of benzene rings is 1. The Labute approximate surface area is 171 Å². The van der Waals surface area contributed by atoms with E-state index in [1.165, 1.54) is 6.42 Å². The molecular formula is C22H32BrNO3. The molecule has 2 N–H and O–H groups in total. The molecule has 150 valence electrons. The summed E-state index contributed by atoms with van der Waals surface area (Å²) in [6.07, 6.45) is 4.35. The monoisotopic (exact) mass is 437 g/mol. The number of phenolic OH excluding ortho intramolecular Hbond substituents is 1. The molecule has 0 spiro atoms. The molecule has 3 rings (SSSR count). The van der Waals surface area contributed by atoms with Gasteiger partial charge in [-0.3, -0.25) is 4.79 Å². The third-order valence-corrected chi connectivity index (χ3v) is 6.67. The molecule has 1 aliphatic carbocycles. The van der Waals surface area contributed by atoms with Gasteiger partial charge >= 0.3 is 0 Å². The number of halogens is 1. The van der Waals surface area contributed by atoms with Crippen molar-refractivity contribution >= 4 is 21.8 Å². The van der Waals surface area contributed by atoms with E-state index in [0.717, 1.165) is 22.9 Å². The highest BCUT2D eigenvalue weighted by atomic mass is 79.9. The number of phenols is 1. The molecular weight excluding hydrogens is 406 g/mol. The van der Waals surface area contributed by atoms with Crippen LogP contribution in [0.5, 0.6) is 5.75 Å². The maximum absolute atomic E-state index is 12.6. The van der Waals surface area contributed by atoms with E-state index in [-0.39, 0.29) is 29.4 Å². The summed E-state index contributed by atoms with van der Waals surface area (Å²) in [5.74, 6) is 1.64. The molecule has 1 saturated heterocycles. The first-order valence-corrected chi connectivity index (χ1v) is 10.9. The molecule has 1 aliphatic heterocycles. The molecule has 1 heterocycles. The van der Waals surface area contributed by atoms with Crippen LogP contribution in [-0.4, -0.2) is 22.7 Å². The summed E-state index contributed by atoms with van der Waals surface area (Å²) in [7, 11) is 0. The highest BCUT2D eigenvalue weighted by Gasteiger charge is 2.49. The molecule has 0 bridgehead atoms. The van der Waals surface area contributed by atoms with Gasteiger partial charge in [-0.2, -0.15) is 0 Å². The Bertz CT molecular complexity index is 692. The largest absolute Gasteiger partial charge is 0.508 e. The van der Waals surface area contributed by atoms with Crippen molar-refractivity contribution in [2.24, 2.45) is 17.8 Å². The van der Waals surface area contributed by atoms with Gasteiger partial charge in [0, 0.05) is 34.3 Å². The van der Waals surface area contributed by atoms with E-state index in [4.69, 9.17) is 4.74 Å². The maximum Gasteiger partial charge on any atom is 0.220 e. The SMILES string of the molecule is CC(C)CC(=O)N[C@@]1(C)C[C@@H](c2cc(Br)ccc2O)O[C@H]2C[C@@H](C)CC[C@@H]21. The zero-order chi connectivity index (χ0) is 19.8. The summed E-state index contributed by atoms with van der Waals surface area (Å²) in [5, 5.41) is 13.8. The van der Waals surface area contributed by atoms with Crippen LogP contribution in [-0.2, 0) is 9.53 Å². The Hall–Kier alpha value is -1.07. The van der Waals surface area contributed by atoms with Crippen LogP contribution >= 0.6 is 15.9 Å². The topological polar surface area (TPSA) is 58.6 Å². The van der Waals surface area contributed by atoms with Gasteiger partial charge < -0.3 is 15.2 Å². The first kappa shape index (κ1) is 20.7. The molecule has 1 aromatic carbocycles. The summed E-state index contributed by atoms with van der Waals surface area (Å²) in [6, 6.07) is 5.47. The normalized spacial score (nSPS) is 33.6. The summed E-state index contributed by atoms with van der Waals surface area (Å²) in [6.45, 7) is 8.58. The van der Waals surface area contributed by atoms with Gasteiger partial charge in [0.2, 0.25) is 5.91 Å². The number of nitrogens with one attached hydrogen (secondary N) is 1.